The summed E-state index contributed by atoms with van der Waals surface area (Å²) in [5.41, 5.74) is 0.855. The number of benzene rings is 1. The number of nitro benzene ring substituents is 1. The standard InChI is InChI=1S/C20H21N5O6S/c1-12-11-32-20(21-12)22-19(28)13-4-6-23(7-5-13)17(26)9-24-15-8-14(25(29)30)2-3-16(15)31-10-18(24)27/h2-3,8,11,13H,4-7,9-10H2,1H3,(H,21,22,28). The number of aromatic nitrogens is 1. The van der Waals surface area contributed by atoms with Crippen LogP contribution in [0.5, 0.6) is 5.75 Å². The topological polar surface area (TPSA) is 135 Å². The number of carbonyl (C=O) groups is 3. The van der Waals surface area contributed by atoms with Gasteiger partial charge < -0.3 is 15.0 Å². The Bertz CT molecular complexity index is 1080. The quantitative estimate of drug-likeness (QED) is 0.533. The number of nitro groups is 1. The molecule has 2 aromatic rings. The maximum absolute atomic E-state index is 12.9. The number of nitrogens with zero attached hydrogens (tertiary/aromatic N) is 4. The highest BCUT2D eigenvalue weighted by Gasteiger charge is 2.33. The summed E-state index contributed by atoms with van der Waals surface area (Å²) < 4.78 is 5.33. The molecule has 32 heavy (non-hydrogen) atoms. The van der Waals surface area contributed by atoms with Crippen LogP contribution in [0.1, 0.15) is 18.5 Å². The Kier molecular flexibility index (Phi) is 6.04. The first-order chi connectivity index (χ1) is 15.3. The molecule has 0 aliphatic carbocycles. The summed E-state index contributed by atoms with van der Waals surface area (Å²) in [6, 6.07) is 3.94. The van der Waals surface area contributed by atoms with Crippen LogP contribution in [0.25, 0.3) is 0 Å². The SMILES string of the molecule is Cc1csc(NC(=O)C2CCN(C(=O)CN3C(=O)COc4ccc([N+](=O)[O-])cc43)CC2)n1. The zero-order chi connectivity index (χ0) is 22.8. The average molecular weight is 459 g/mol. The molecule has 1 N–H and O–H groups in total. The Hall–Kier alpha value is -3.54. The fourth-order valence-electron chi connectivity index (χ4n) is 3.72. The number of non-ortho nitro benzene ring substituents is 1. The lowest BCUT2D eigenvalue weighted by atomic mass is 9.96. The van der Waals surface area contributed by atoms with Gasteiger partial charge in [0.05, 0.1) is 16.3 Å². The minimum absolute atomic E-state index is 0.115. The Labute approximate surface area is 187 Å². The highest BCUT2D eigenvalue weighted by molar-refractivity contribution is 7.13. The van der Waals surface area contributed by atoms with Gasteiger partial charge in [0.2, 0.25) is 11.8 Å². The third-order valence-electron chi connectivity index (χ3n) is 5.46. The number of thiazole rings is 1. The van der Waals surface area contributed by atoms with Gasteiger partial charge in [-0.3, -0.25) is 29.4 Å². The summed E-state index contributed by atoms with van der Waals surface area (Å²) in [6.07, 6.45) is 1.00. The van der Waals surface area contributed by atoms with Gasteiger partial charge in [-0.15, -0.1) is 11.3 Å². The highest BCUT2D eigenvalue weighted by atomic mass is 32.1. The van der Waals surface area contributed by atoms with Crippen molar-refractivity contribution in [3.8, 4) is 5.75 Å². The minimum Gasteiger partial charge on any atom is -0.482 e. The van der Waals surface area contributed by atoms with Crippen molar-refractivity contribution in [3.05, 3.63) is 39.4 Å². The number of carbonyl (C=O) groups excluding carboxylic acids is 3. The van der Waals surface area contributed by atoms with Crippen LogP contribution in [0, 0.1) is 23.0 Å². The van der Waals surface area contributed by atoms with E-state index in [1.165, 1.54) is 34.4 Å². The first-order valence-corrected chi connectivity index (χ1v) is 10.9. The number of rotatable bonds is 5. The fourth-order valence-corrected chi connectivity index (χ4v) is 4.41. The lowest BCUT2D eigenvalue weighted by Gasteiger charge is -2.34. The van der Waals surface area contributed by atoms with Crippen molar-refractivity contribution in [2.45, 2.75) is 19.8 Å². The van der Waals surface area contributed by atoms with Crippen molar-refractivity contribution in [1.29, 1.82) is 0 Å². The first-order valence-electron chi connectivity index (χ1n) is 10.0. The van der Waals surface area contributed by atoms with Crippen LogP contribution in [-0.4, -0.2) is 58.8 Å². The Morgan fingerprint density at radius 2 is 2.09 bits per heavy atom. The van der Waals surface area contributed by atoms with E-state index in [2.05, 4.69) is 10.3 Å². The molecule has 1 aromatic heterocycles. The molecule has 0 unspecified atom stereocenters. The predicted molar refractivity (Wildman–Crippen MR) is 116 cm³/mol. The van der Waals surface area contributed by atoms with Crippen LogP contribution in [0.15, 0.2) is 23.6 Å². The van der Waals surface area contributed by atoms with Crippen LogP contribution < -0.4 is 15.0 Å². The van der Waals surface area contributed by atoms with Crippen LogP contribution in [0.3, 0.4) is 0 Å². The lowest BCUT2D eigenvalue weighted by Crippen LogP contribution is -2.49. The van der Waals surface area contributed by atoms with E-state index < -0.39 is 10.8 Å². The zero-order valence-electron chi connectivity index (χ0n) is 17.3. The predicted octanol–water partition coefficient (Wildman–Crippen LogP) is 1.96. The normalized spacial score (nSPS) is 16.3. The van der Waals surface area contributed by atoms with E-state index in [9.17, 15) is 24.5 Å². The molecule has 1 saturated heterocycles. The molecule has 0 atom stereocenters. The number of likely N-dealkylation sites (tertiary alicyclic amines) is 1. The number of fused-ring (bicyclic) bond motifs is 1. The summed E-state index contributed by atoms with van der Waals surface area (Å²) in [7, 11) is 0. The van der Waals surface area contributed by atoms with Crippen molar-refractivity contribution in [2.24, 2.45) is 5.92 Å². The second kappa shape index (κ2) is 8.91. The molecular formula is C20H21N5O6S. The van der Waals surface area contributed by atoms with Crippen molar-refractivity contribution in [3.63, 3.8) is 0 Å². The molecule has 1 fully saturated rings. The van der Waals surface area contributed by atoms with Crippen molar-refractivity contribution in [2.75, 3.05) is 36.5 Å². The Balaban J connectivity index is 1.37. The summed E-state index contributed by atoms with van der Waals surface area (Å²) in [4.78, 5) is 55.3. The van der Waals surface area contributed by atoms with Gasteiger partial charge in [0.25, 0.3) is 11.6 Å². The molecule has 4 rings (SSSR count). The Morgan fingerprint density at radius 1 is 1.34 bits per heavy atom. The number of anilines is 2. The first kappa shape index (κ1) is 21.7. The number of piperidine rings is 1. The van der Waals surface area contributed by atoms with E-state index in [1.807, 2.05) is 12.3 Å². The number of amides is 3. The monoisotopic (exact) mass is 459 g/mol. The summed E-state index contributed by atoms with van der Waals surface area (Å²) >= 11 is 1.37. The van der Waals surface area contributed by atoms with Gasteiger partial charge in [-0.25, -0.2) is 4.98 Å². The molecule has 1 aromatic carbocycles. The van der Waals surface area contributed by atoms with Gasteiger partial charge in [0.15, 0.2) is 11.7 Å². The molecule has 0 bridgehead atoms. The maximum atomic E-state index is 12.9. The van der Waals surface area contributed by atoms with Crippen molar-refractivity contribution in [1.82, 2.24) is 9.88 Å². The molecule has 12 heteroatoms. The number of ether oxygens (including phenoxy) is 1. The minimum atomic E-state index is -0.567. The molecule has 3 heterocycles. The van der Waals surface area contributed by atoms with Crippen LogP contribution in [0.2, 0.25) is 0 Å². The third-order valence-corrected chi connectivity index (χ3v) is 6.33. The van der Waals surface area contributed by atoms with E-state index in [-0.39, 0.29) is 42.3 Å². The number of aryl methyl sites for hydroxylation is 1. The zero-order valence-corrected chi connectivity index (χ0v) is 18.1. The van der Waals surface area contributed by atoms with Gasteiger partial charge >= 0.3 is 0 Å². The number of nitrogens with one attached hydrogen (secondary N) is 1. The molecule has 2 aliphatic rings. The summed E-state index contributed by atoms with van der Waals surface area (Å²) in [5.74, 6) is -0.755. The van der Waals surface area contributed by atoms with Crippen LogP contribution >= 0.6 is 11.3 Å². The second-order valence-electron chi connectivity index (χ2n) is 7.62. The second-order valence-corrected chi connectivity index (χ2v) is 8.47. The summed E-state index contributed by atoms with van der Waals surface area (Å²) in [5, 5.41) is 16.3. The lowest BCUT2D eigenvalue weighted by molar-refractivity contribution is -0.384. The van der Waals surface area contributed by atoms with Crippen molar-refractivity contribution >= 4 is 45.6 Å². The van der Waals surface area contributed by atoms with Gasteiger partial charge in [0, 0.05) is 36.5 Å². The smallest absolute Gasteiger partial charge is 0.271 e. The fraction of sp³-hybridized carbons (Fsp3) is 0.400. The van der Waals surface area contributed by atoms with E-state index >= 15 is 0 Å². The van der Waals surface area contributed by atoms with Crippen LogP contribution in [-0.2, 0) is 14.4 Å². The summed E-state index contributed by atoms with van der Waals surface area (Å²) in [6.45, 7) is 2.14. The molecule has 0 spiro atoms. The van der Waals surface area contributed by atoms with Gasteiger partial charge in [0.1, 0.15) is 12.3 Å². The Morgan fingerprint density at radius 3 is 2.75 bits per heavy atom. The van der Waals surface area contributed by atoms with Crippen LogP contribution in [0.4, 0.5) is 16.5 Å². The average Bonchev–Trinajstić information content (AvgIpc) is 3.19. The van der Waals surface area contributed by atoms with Gasteiger partial charge in [-0.1, -0.05) is 0 Å². The van der Waals surface area contributed by atoms with Gasteiger partial charge in [-0.2, -0.15) is 0 Å². The maximum Gasteiger partial charge on any atom is 0.271 e. The van der Waals surface area contributed by atoms with E-state index in [0.29, 0.717) is 36.8 Å². The largest absolute Gasteiger partial charge is 0.482 e. The van der Waals surface area contributed by atoms with Gasteiger partial charge in [-0.05, 0) is 25.8 Å². The molecule has 0 saturated carbocycles. The van der Waals surface area contributed by atoms with E-state index in [0.717, 1.165) is 5.69 Å². The number of hydrogen-bond acceptors (Lipinski definition) is 8. The van der Waals surface area contributed by atoms with E-state index in [4.69, 9.17) is 4.74 Å². The molecule has 3 amide bonds. The van der Waals surface area contributed by atoms with Crippen molar-refractivity contribution < 1.29 is 24.0 Å². The molecule has 2 aliphatic heterocycles. The number of hydrogen-bond donors (Lipinski definition) is 1. The molecule has 168 valence electrons. The molecule has 0 radical (unpaired) electrons. The highest BCUT2D eigenvalue weighted by Crippen LogP contribution is 2.35. The molecule has 11 nitrogen and oxygen atoms in total. The van der Waals surface area contributed by atoms with E-state index in [1.54, 1.807) is 4.90 Å². The molecular weight excluding hydrogens is 438 g/mol. The third kappa shape index (κ3) is 4.54.